The molecule has 1 aromatic carbocycles. The lowest BCUT2D eigenvalue weighted by molar-refractivity contribution is -0.119. The predicted molar refractivity (Wildman–Crippen MR) is 69.5 cm³/mol. The van der Waals surface area contributed by atoms with Crippen molar-refractivity contribution in [2.24, 2.45) is 11.5 Å². The van der Waals surface area contributed by atoms with Gasteiger partial charge in [0.1, 0.15) is 0 Å². The predicted octanol–water partition coefficient (Wildman–Crippen LogP) is 1.61. The Morgan fingerprint density at radius 2 is 1.82 bits per heavy atom. The molecule has 0 aromatic heterocycles. The van der Waals surface area contributed by atoms with Gasteiger partial charge in [0.05, 0.1) is 6.04 Å². The summed E-state index contributed by atoms with van der Waals surface area (Å²) in [5.74, 6) is -0.477. The fraction of sp³-hybridized carbons (Fsp3) is 0.333. The van der Waals surface area contributed by atoms with Crippen LogP contribution in [-0.2, 0) is 4.79 Å². The Morgan fingerprint density at radius 1 is 1.24 bits per heavy atom. The number of rotatable bonds is 6. The van der Waals surface area contributed by atoms with E-state index >= 15 is 0 Å². The highest BCUT2D eigenvalue weighted by Gasteiger charge is 2.11. The number of primary amides is 1. The van der Waals surface area contributed by atoms with Crippen molar-refractivity contribution in [3.8, 4) is 0 Å². The molecule has 0 bridgehead atoms. The number of benzene rings is 1. The summed E-state index contributed by atoms with van der Waals surface area (Å²) in [6.07, 6.45) is 1.39. The van der Waals surface area contributed by atoms with E-state index in [1.165, 1.54) is 0 Å². The molecule has 0 fully saturated rings. The Balaban J connectivity index is 2.40. The van der Waals surface area contributed by atoms with Crippen LogP contribution in [0.4, 0.5) is 0 Å². The Bertz CT molecular complexity index is 403. The third-order valence-electron chi connectivity index (χ3n) is 2.45. The van der Waals surface area contributed by atoms with Crippen LogP contribution in [0.1, 0.15) is 29.6 Å². The molecule has 1 aromatic rings. The molecule has 0 radical (unpaired) electrons. The molecule has 0 aliphatic heterocycles. The number of nitrogens with two attached hydrogens (primary N) is 2. The third-order valence-corrected chi connectivity index (χ3v) is 2.98. The van der Waals surface area contributed by atoms with E-state index in [0.29, 0.717) is 24.8 Å². The molecule has 92 valence electrons. The van der Waals surface area contributed by atoms with Crippen molar-refractivity contribution in [1.82, 2.24) is 0 Å². The molecule has 1 amide bonds. The van der Waals surface area contributed by atoms with Crippen LogP contribution in [-0.4, -0.2) is 17.7 Å². The van der Waals surface area contributed by atoms with E-state index in [1.807, 2.05) is 12.1 Å². The number of hydrogen-bond donors (Lipinski definition) is 2. The van der Waals surface area contributed by atoms with Gasteiger partial charge >= 0.3 is 0 Å². The van der Waals surface area contributed by atoms with Gasteiger partial charge in [-0.15, -0.1) is 0 Å². The molecular weight excluding hydrogens is 284 g/mol. The van der Waals surface area contributed by atoms with Crippen LogP contribution in [0, 0.1) is 0 Å². The van der Waals surface area contributed by atoms with Gasteiger partial charge in [0, 0.05) is 16.5 Å². The van der Waals surface area contributed by atoms with Crippen LogP contribution in [0.3, 0.4) is 0 Å². The lowest BCUT2D eigenvalue weighted by atomic mass is 10.0. The number of carbonyl (C=O) groups excluding carboxylic acids is 2. The SMILES string of the molecule is NC(=O)C(N)CCCC(=O)c1ccc(Br)cc1. The summed E-state index contributed by atoms with van der Waals surface area (Å²) in [5, 5.41) is 0. The molecule has 5 heteroatoms. The first kappa shape index (κ1) is 13.9. The fourth-order valence-electron chi connectivity index (χ4n) is 1.40. The Hall–Kier alpha value is -1.20. The molecule has 17 heavy (non-hydrogen) atoms. The summed E-state index contributed by atoms with van der Waals surface area (Å²) in [7, 11) is 0. The highest BCUT2D eigenvalue weighted by Crippen LogP contribution is 2.13. The minimum absolute atomic E-state index is 0.0502. The second kappa shape index (κ2) is 6.51. The molecule has 0 aliphatic carbocycles. The van der Waals surface area contributed by atoms with E-state index in [2.05, 4.69) is 15.9 Å². The first-order valence-electron chi connectivity index (χ1n) is 5.34. The van der Waals surface area contributed by atoms with Crippen molar-refractivity contribution in [3.05, 3.63) is 34.3 Å². The zero-order valence-electron chi connectivity index (χ0n) is 9.36. The maximum Gasteiger partial charge on any atom is 0.234 e. The smallest absolute Gasteiger partial charge is 0.234 e. The minimum atomic E-state index is -0.660. The van der Waals surface area contributed by atoms with Gasteiger partial charge in [0.15, 0.2) is 5.78 Å². The van der Waals surface area contributed by atoms with Crippen molar-refractivity contribution in [2.75, 3.05) is 0 Å². The van der Waals surface area contributed by atoms with Gasteiger partial charge in [0.25, 0.3) is 0 Å². The molecule has 4 N–H and O–H groups in total. The number of halogens is 1. The topological polar surface area (TPSA) is 86.2 Å². The van der Waals surface area contributed by atoms with E-state index < -0.39 is 11.9 Å². The molecule has 0 heterocycles. The van der Waals surface area contributed by atoms with Gasteiger partial charge in [-0.1, -0.05) is 28.1 Å². The van der Waals surface area contributed by atoms with E-state index in [-0.39, 0.29) is 5.78 Å². The van der Waals surface area contributed by atoms with Crippen LogP contribution < -0.4 is 11.5 Å². The lowest BCUT2D eigenvalue weighted by Gasteiger charge is -2.06. The second-order valence-electron chi connectivity index (χ2n) is 3.83. The summed E-state index contributed by atoms with van der Waals surface area (Å²) >= 11 is 3.30. The average Bonchev–Trinajstić information content (AvgIpc) is 2.29. The summed E-state index contributed by atoms with van der Waals surface area (Å²) in [4.78, 5) is 22.4. The number of carbonyl (C=O) groups is 2. The Morgan fingerprint density at radius 3 is 2.35 bits per heavy atom. The molecule has 0 spiro atoms. The molecule has 4 nitrogen and oxygen atoms in total. The number of Topliss-reactive ketones (excluding diaryl/α,β-unsaturated/α-hetero) is 1. The fourth-order valence-corrected chi connectivity index (χ4v) is 1.67. The van der Waals surface area contributed by atoms with Crippen molar-refractivity contribution in [1.29, 1.82) is 0 Å². The second-order valence-corrected chi connectivity index (χ2v) is 4.75. The molecule has 1 rings (SSSR count). The van der Waals surface area contributed by atoms with Gasteiger partial charge < -0.3 is 11.5 Å². The highest BCUT2D eigenvalue weighted by molar-refractivity contribution is 9.10. The number of ketones is 1. The minimum Gasteiger partial charge on any atom is -0.368 e. The van der Waals surface area contributed by atoms with E-state index in [4.69, 9.17) is 11.5 Å². The molecular formula is C12H15BrN2O2. The van der Waals surface area contributed by atoms with Crippen LogP contribution >= 0.6 is 15.9 Å². The van der Waals surface area contributed by atoms with Crippen LogP contribution in [0.25, 0.3) is 0 Å². The Labute approximate surface area is 108 Å². The highest BCUT2D eigenvalue weighted by atomic mass is 79.9. The lowest BCUT2D eigenvalue weighted by Crippen LogP contribution is -2.36. The largest absolute Gasteiger partial charge is 0.368 e. The molecule has 0 aliphatic rings. The zero-order chi connectivity index (χ0) is 12.8. The standard InChI is InChI=1S/C12H15BrN2O2/c13-9-6-4-8(5-7-9)11(16)3-1-2-10(14)12(15)17/h4-7,10H,1-3,14H2,(H2,15,17). The first-order chi connectivity index (χ1) is 8.00. The van der Waals surface area contributed by atoms with E-state index in [9.17, 15) is 9.59 Å². The zero-order valence-corrected chi connectivity index (χ0v) is 10.9. The van der Waals surface area contributed by atoms with Crippen LogP contribution in [0.2, 0.25) is 0 Å². The summed E-state index contributed by atoms with van der Waals surface area (Å²) in [6.45, 7) is 0. The monoisotopic (exact) mass is 298 g/mol. The van der Waals surface area contributed by atoms with Crippen molar-refractivity contribution in [2.45, 2.75) is 25.3 Å². The molecule has 1 atom stereocenters. The van der Waals surface area contributed by atoms with Crippen molar-refractivity contribution >= 4 is 27.6 Å². The third kappa shape index (κ3) is 4.66. The van der Waals surface area contributed by atoms with Gasteiger partial charge in [0.2, 0.25) is 5.91 Å². The summed E-state index contributed by atoms with van der Waals surface area (Å²) < 4.78 is 0.935. The molecule has 0 saturated carbocycles. The first-order valence-corrected chi connectivity index (χ1v) is 6.13. The maximum atomic E-state index is 11.7. The summed E-state index contributed by atoms with van der Waals surface area (Å²) in [5.41, 5.74) is 11.2. The molecule has 1 unspecified atom stereocenters. The van der Waals surface area contributed by atoms with Crippen LogP contribution in [0.5, 0.6) is 0 Å². The van der Waals surface area contributed by atoms with Crippen molar-refractivity contribution < 1.29 is 9.59 Å². The average molecular weight is 299 g/mol. The quantitative estimate of drug-likeness (QED) is 0.782. The van der Waals surface area contributed by atoms with Crippen LogP contribution in [0.15, 0.2) is 28.7 Å². The summed E-state index contributed by atoms with van der Waals surface area (Å²) in [6, 6.07) is 6.51. The number of hydrogen-bond acceptors (Lipinski definition) is 3. The normalized spacial score (nSPS) is 12.1. The molecule has 0 saturated heterocycles. The van der Waals surface area contributed by atoms with Gasteiger partial charge in [-0.05, 0) is 25.0 Å². The van der Waals surface area contributed by atoms with Gasteiger partial charge in [-0.3, -0.25) is 9.59 Å². The van der Waals surface area contributed by atoms with Gasteiger partial charge in [-0.25, -0.2) is 0 Å². The number of amides is 1. The van der Waals surface area contributed by atoms with E-state index in [0.717, 1.165) is 4.47 Å². The van der Waals surface area contributed by atoms with Gasteiger partial charge in [-0.2, -0.15) is 0 Å². The van der Waals surface area contributed by atoms with Crippen molar-refractivity contribution in [3.63, 3.8) is 0 Å². The maximum absolute atomic E-state index is 11.7. The Kier molecular flexibility index (Phi) is 5.31. The van der Waals surface area contributed by atoms with E-state index in [1.54, 1.807) is 12.1 Å².